The van der Waals surface area contributed by atoms with Gasteiger partial charge in [0.2, 0.25) is 5.96 Å². The average molecular weight is 402 g/mol. The number of benzene rings is 1. The van der Waals surface area contributed by atoms with Crippen LogP contribution >= 0.6 is 24.0 Å². The maximum absolute atomic E-state index is 12.6. The van der Waals surface area contributed by atoms with Gasteiger partial charge in [0.05, 0.1) is 25.0 Å². The first kappa shape index (κ1) is 21.9. The molecule has 3 heterocycles. The Labute approximate surface area is 161 Å². The number of anilines is 1. The van der Waals surface area contributed by atoms with Gasteiger partial charge in [0, 0.05) is 5.02 Å². The summed E-state index contributed by atoms with van der Waals surface area (Å²) in [6.45, 7) is 5.19. The molecular formula is C16H21Cl2N5O3. The largest absolute Gasteiger partial charge is 0.412 e. The van der Waals surface area contributed by atoms with Crippen LogP contribution in [0.15, 0.2) is 35.6 Å². The summed E-state index contributed by atoms with van der Waals surface area (Å²) in [7, 11) is 0. The highest BCUT2D eigenvalue weighted by molar-refractivity contribution is 6.30. The van der Waals surface area contributed by atoms with Gasteiger partial charge in [-0.15, -0.1) is 12.4 Å². The quantitative estimate of drug-likeness (QED) is 0.816. The Morgan fingerprint density at radius 1 is 1.23 bits per heavy atom. The molecular weight excluding hydrogens is 381 g/mol. The predicted molar refractivity (Wildman–Crippen MR) is 103 cm³/mol. The zero-order valence-electron chi connectivity index (χ0n) is 14.3. The van der Waals surface area contributed by atoms with E-state index in [1.54, 1.807) is 11.2 Å². The molecule has 0 fully saturated rings. The van der Waals surface area contributed by atoms with E-state index in [4.69, 9.17) is 16.6 Å². The van der Waals surface area contributed by atoms with Gasteiger partial charge in [-0.05, 0) is 31.5 Å². The van der Waals surface area contributed by atoms with Crippen LogP contribution in [0.2, 0.25) is 5.02 Å². The zero-order valence-corrected chi connectivity index (χ0v) is 15.9. The highest BCUT2D eigenvalue weighted by Gasteiger charge is 2.44. The Hall–Kier alpha value is -2.13. The molecule has 26 heavy (non-hydrogen) atoms. The summed E-state index contributed by atoms with van der Waals surface area (Å²) in [5.74, 6) is 1.21. The van der Waals surface area contributed by atoms with E-state index in [1.807, 2.05) is 43.0 Å². The number of halogens is 2. The molecule has 0 spiro atoms. The van der Waals surface area contributed by atoms with E-state index >= 15 is 0 Å². The molecule has 1 aromatic heterocycles. The number of amides is 1. The van der Waals surface area contributed by atoms with Crippen molar-refractivity contribution in [1.29, 1.82) is 0 Å². The van der Waals surface area contributed by atoms with Crippen LogP contribution in [0.5, 0.6) is 0 Å². The normalized spacial score (nSPS) is 16.6. The van der Waals surface area contributed by atoms with Crippen LogP contribution in [-0.4, -0.2) is 49.8 Å². The molecule has 2 aliphatic heterocycles. The molecule has 4 rings (SSSR count). The lowest BCUT2D eigenvalue weighted by molar-refractivity contribution is 0.0833. The van der Waals surface area contributed by atoms with Crippen molar-refractivity contribution >= 4 is 41.7 Å². The Balaban J connectivity index is 0.00000113. The number of H-pyrrole nitrogens is 1. The SMILES string of the molecule is CC1(C)CN2C(=O)c3[nH]cnc3N(Cc3ccc(Cl)cc3)C2=N1.Cl.O.O. The minimum Gasteiger partial charge on any atom is -0.412 e. The molecule has 0 radical (unpaired) electrons. The van der Waals surface area contributed by atoms with Gasteiger partial charge in [-0.25, -0.2) is 9.98 Å². The van der Waals surface area contributed by atoms with Crippen molar-refractivity contribution < 1.29 is 15.7 Å². The number of aliphatic imine (C=N–C) groups is 1. The minimum absolute atomic E-state index is 0. The van der Waals surface area contributed by atoms with Gasteiger partial charge in [0.25, 0.3) is 5.91 Å². The van der Waals surface area contributed by atoms with Gasteiger partial charge in [0.15, 0.2) is 5.82 Å². The number of carbonyl (C=O) groups excluding carboxylic acids is 1. The highest BCUT2D eigenvalue weighted by atomic mass is 35.5. The standard InChI is InChI=1S/C16H16ClN5O.ClH.2H2O/c1-16(2)8-22-14(23)12-13(19-9-18-12)21(15(22)20-16)7-10-3-5-11(17)6-4-10;;;/h3-6,9H,7-8H2,1-2H3,(H,18,19);1H;2*1H2. The summed E-state index contributed by atoms with van der Waals surface area (Å²) in [5, 5.41) is 0.698. The van der Waals surface area contributed by atoms with Gasteiger partial charge in [-0.3, -0.25) is 14.6 Å². The van der Waals surface area contributed by atoms with Gasteiger partial charge in [-0.2, -0.15) is 0 Å². The van der Waals surface area contributed by atoms with E-state index in [1.165, 1.54) is 0 Å². The monoisotopic (exact) mass is 401 g/mol. The first-order valence-electron chi connectivity index (χ1n) is 7.42. The van der Waals surface area contributed by atoms with Crippen LogP contribution in [0.4, 0.5) is 5.82 Å². The molecule has 10 heteroatoms. The molecule has 5 N–H and O–H groups in total. The Kier molecular flexibility index (Phi) is 6.43. The van der Waals surface area contributed by atoms with Gasteiger partial charge < -0.3 is 15.9 Å². The fourth-order valence-corrected chi connectivity index (χ4v) is 3.12. The second kappa shape index (κ2) is 7.63. The van der Waals surface area contributed by atoms with E-state index in [9.17, 15) is 4.79 Å². The summed E-state index contributed by atoms with van der Waals surface area (Å²) < 4.78 is 0. The lowest BCUT2D eigenvalue weighted by Crippen LogP contribution is -2.50. The van der Waals surface area contributed by atoms with Crippen LogP contribution in [0.3, 0.4) is 0 Å². The number of hydrogen-bond acceptors (Lipinski definition) is 4. The first-order valence-corrected chi connectivity index (χ1v) is 7.79. The number of aromatic nitrogens is 2. The summed E-state index contributed by atoms with van der Waals surface area (Å²) in [6.07, 6.45) is 1.55. The molecule has 2 aromatic rings. The summed E-state index contributed by atoms with van der Waals surface area (Å²) in [5.41, 5.74) is 1.29. The molecule has 0 atom stereocenters. The third kappa shape index (κ3) is 3.54. The molecule has 0 aliphatic carbocycles. The van der Waals surface area contributed by atoms with Gasteiger partial charge in [-0.1, -0.05) is 23.7 Å². The van der Waals surface area contributed by atoms with Crippen LogP contribution in [0, 0.1) is 0 Å². The smallest absolute Gasteiger partial charge is 0.280 e. The molecule has 0 bridgehead atoms. The van der Waals surface area contributed by atoms with Crippen molar-refractivity contribution in [3.8, 4) is 0 Å². The lowest BCUT2D eigenvalue weighted by Gasteiger charge is -2.33. The van der Waals surface area contributed by atoms with Crippen LogP contribution < -0.4 is 4.90 Å². The molecule has 8 nitrogen and oxygen atoms in total. The van der Waals surface area contributed by atoms with Crippen molar-refractivity contribution in [1.82, 2.24) is 14.9 Å². The molecule has 0 saturated heterocycles. The number of nitrogens with zero attached hydrogens (tertiary/aromatic N) is 4. The molecule has 0 unspecified atom stereocenters. The Bertz CT molecular complexity index is 820. The molecule has 2 aliphatic rings. The van der Waals surface area contributed by atoms with Crippen LogP contribution in [-0.2, 0) is 6.54 Å². The molecule has 0 saturated carbocycles. The van der Waals surface area contributed by atoms with Crippen molar-refractivity contribution in [3.63, 3.8) is 0 Å². The van der Waals surface area contributed by atoms with E-state index < -0.39 is 0 Å². The van der Waals surface area contributed by atoms with E-state index in [-0.39, 0.29) is 34.8 Å². The number of guanidine groups is 1. The van der Waals surface area contributed by atoms with Crippen molar-refractivity contribution in [3.05, 3.63) is 46.9 Å². The highest BCUT2D eigenvalue weighted by Crippen LogP contribution is 2.33. The van der Waals surface area contributed by atoms with Crippen molar-refractivity contribution in [2.75, 3.05) is 11.4 Å². The molecule has 1 amide bonds. The van der Waals surface area contributed by atoms with E-state index in [0.29, 0.717) is 35.6 Å². The number of aromatic amines is 1. The van der Waals surface area contributed by atoms with Gasteiger partial charge >= 0.3 is 0 Å². The molecule has 142 valence electrons. The zero-order chi connectivity index (χ0) is 16.2. The van der Waals surface area contributed by atoms with Crippen molar-refractivity contribution in [2.45, 2.75) is 25.9 Å². The topological polar surface area (TPSA) is 128 Å². The second-order valence-electron chi connectivity index (χ2n) is 6.43. The van der Waals surface area contributed by atoms with E-state index in [0.717, 1.165) is 5.56 Å². The summed E-state index contributed by atoms with van der Waals surface area (Å²) in [6, 6.07) is 7.65. The maximum Gasteiger partial charge on any atom is 0.280 e. The van der Waals surface area contributed by atoms with Crippen molar-refractivity contribution in [2.24, 2.45) is 4.99 Å². The van der Waals surface area contributed by atoms with Gasteiger partial charge in [0.1, 0.15) is 5.69 Å². The number of rotatable bonds is 2. The third-order valence-electron chi connectivity index (χ3n) is 4.02. The molecule has 1 aromatic carbocycles. The fourth-order valence-electron chi connectivity index (χ4n) is 2.99. The third-order valence-corrected chi connectivity index (χ3v) is 4.27. The predicted octanol–water partition coefficient (Wildman–Crippen LogP) is 1.45. The number of nitrogens with one attached hydrogen (secondary N) is 1. The number of hydrogen-bond donors (Lipinski definition) is 1. The van der Waals surface area contributed by atoms with Crippen LogP contribution in [0.25, 0.3) is 0 Å². The minimum atomic E-state index is -0.299. The number of fused-ring (bicyclic) bond motifs is 2. The summed E-state index contributed by atoms with van der Waals surface area (Å²) >= 11 is 5.96. The Morgan fingerprint density at radius 2 is 1.88 bits per heavy atom. The van der Waals surface area contributed by atoms with E-state index in [2.05, 4.69) is 9.97 Å². The first-order chi connectivity index (χ1) is 10.9. The van der Waals surface area contributed by atoms with Crippen LogP contribution in [0.1, 0.15) is 29.9 Å². The summed E-state index contributed by atoms with van der Waals surface area (Å²) in [4.78, 5) is 28.3. The lowest BCUT2D eigenvalue weighted by atomic mass is 10.1. The fraction of sp³-hybridized carbons (Fsp3) is 0.312. The maximum atomic E-state index is 12.6. The number of carbonyl (C=O) groups is 1. The average Bonchev–Trinajstić information content (AvgIpc) is 3.10. The second-order valence-corrected chi connectivity index (χ2v) is 6.87. The number of imidazole rings is 1. The Morgan fingerprint density at radius 3 is 2.54 bits per heavy atom.